The van der Waals surface area contributed by atoms with Crippen LogP contribution in [0.5, 0.6) is 0 Å². The van der Waals surface area contributed by atoms with E-state index in [-0.39, 0.29) is 17.3 Å². The summed E-state index contributed by atoms with van der Waals surface area (Å²) in [7, 11) is 0. The number of carbonyl (C=O) groups excluding carboxylic acids is 1. The van der Waals surface area contributed by atoms with E-state index in [2.05, 4.69) is 20.3 Å². The minimum atomic E-state index is -0.857. The molecule has 0 saturated carbocycles. The number of amides is 1. The van der Waals surface area contributed by atoms with Crippen molar-refractivity contribution in [3.63, 3.8) is 0 Å². The number of halogens is 2. The lowest BCUT2D eigenvalue weighted by atomic mass is 10.1. The first-order valence-corrected chi connectivity index (χ1v) is 7.64. The highest BCUT2D eigenvalue weighted by atomic mass is 32.1. The Morgan fingerprint density at radius 1 is 1.25 bits per heavy atom. The molecule has 9 heteroatoms. The first kappa shape index (κ1) is 15.9. The van der Waals surface area contributed by atoms with E-state index in [0.29, 0.717) is 11.4 Å². The molecule has 0 radical (unpaired) electrons. The molecule has 3 aromatic rings. The molecule has 0 spiro atoms. The van der Waals surface area contributed by atoms with Crippen LogP contribution < -0.4 is 11.0 Å². The Labute approximate surface area is 138 Å². The predicted molar refractivity (Wildman–Crippen MR) is 84.1 cm³/mol. The maximum Gasteiger partial charge on any atom is 0.346 e. The number of rotatable bonds is 4. The summed E-state index contributed by atoms with van der Waals surface area (Å²) in [6.45, 7) is 0. The molecule has 0 bridgehead atoms. The smallest absolute Gasteiger partial charge is 0.304 e. The minimum absolute atomic E-state index is 0.0918. The third kappa shape index (κ3) is 3.69. The zero-order valence-electron chi connectivity index (χ0n) is 12.0. The molecule has 1 aromatic carbocycles. The van der Waals surface area contributed by atoms with E-state index in [4.69, 9.17) is 0 Å². The van der Waals surface area contributed by atoms with Crippen molar-refractivity contribution >= 4 is 23.1 Å². The SMILES string of the molecule is O=C(Nc1[nH]c(=O)ncc1F)c1csc(Cc2ccc(F)cc2)n1. The Kier molecular flexibility index (Phi) is 4.43. The van der Waals surface area contributed by atoms with Gasteiger partial charge in [0, 0.05) is 11.8 Å². The molecular formula is C15H10F2N4O2S. The number of nitrogens with one attached hydrogen (secondary N) is 2. The van der Waals surface area contributed by atoms with Crippen LogP contribution in [0.4, 0.5) is 14.6 Å². The van der Waals surface area contributed by atoms with Crippen molar-refractivity contribution in [3.05, 3.63) is 74.2 Å². The molecule has 24 heavy (non-hydrogen) atoms. The van der Waals surface area contributed by atoms with Crippen molar-refractivity contribution in [2.45, 2.75) is 6.42 Å². The number of nitrogens with zero attached hydrogens (tertiary/aromatic N) is 2. The molecule has 0 aliphatic rings. The molecule has 0 fully saturated rings. The molecule has 3 rings (SSSR count). The van der Waals surface area contributed by atoms with Gasteiger partial charge in [0.2, 0.25) is 0 Å². The van der Waals surface area contributed by atoms with E-state index in [9.17, 15) is 18.4 Å². The minimum Gasteiger partial charge on any atom is -0.304 e. The van der Waals surface area contributed by atoms with Crippen LogP contribution in [-0.4, -0.2) is 20.9 Å². The average Bonchev–Trinajstić information content (AvgIpc) is 3.02. The zero-order chi connectivity index (χ0) is 17.1. The number of aromatic amines is 1. The molecule has 1 amide bonds. The lowest BCUT2D eigenvalue weighted by Crippen LogP contribution is -2.19. The van der Waals surface area contributed by atoms with Gasteiger partial charge < -0.3 is 5.32 Å². The van der Waals surface area contributed by atoms with Crippen LogP contribution in [0.2, 0.25) is 0 Å². The Bertz CT molecular complexity index is 937. The standard InChI is InChI=1S/C15H10F2N4O2S/c16-9-3-1-8(2-4-9)5-12-19-11(7-24-12)14(22)20-13-10(17)6-18-15(23)21-13/h1-4,6-7H,5H2,(H2,18,20,21,22,23). The highest BCUT2D eigenvalue weighted by molar-refractivity contribution is 7.09. The van der Waals surface area contributed by atoms with Gasteiger partial charge in [-0.25, -0.2) is 18.6 Å². The largest absolute Gasteiger partial charge is 0.346 e. The summed E-state index contributed by atoms with van der Waals surface area (Å²) in [6, 6.07) is 5.96. The van der Waals surface area contributed by atoms with Crippen molar-refractivity contribution in [1.82, 2.24) is 15.0 Å². The second-order valence-corrected chi connectivity index (χ2v) is 5.74. The molecule has 122 valence electrons. The van der Waals surface area contributed by atoms with E-state index in [1.54, 1.807) is 12.1 Å². The van der Waals surface area contributed by atoms with E-state index < -0.39 is 17.4 Å². The quantitative estimate of drug-likeness (QED) is 0.758. The van der Waals surface area contributed by atoms with E-state index >= 15 is 0 Å². The Hall–Kier alpha value is -2.94. The van der Waals surface area contributed by atoms with Crippen molar-refractivity contribution in [3.8, 4) is 0 Å². The molecule has 2 aromatic heterocycles. The van der Waals surface area contributed by atoms with E-state index in [1.165, 1.54) is 28.8 Å². The van der Waals surface area contributed by atoms with E-state index in [0.717, 1.165) is 11.8 Å². The monoisotopic (exact) mass is 348 g/mol. The number of anilines is 1. The Morgan fingerprint density at radius 2 is 2.00 bits per heavy atom. The summed E-state index contributed by atoms with van der Waals surface area (Å²) in [4.78, 5) is 32.6. The van der Waals surface area contributed by atoms with Crippen LogP contribution in [-0.2, 0) is 6.42 Å². The molecule has 0 atom stereocenters. The van der Waals surface area contributed by atoms with Crippen molar-refractivity contribution < 1.29 is 13.6 Å². The summed E-state index contributed by atoms with van der Waals surface area (Å²) in [6.07, 6.45) is 1.16. The number of hydrogen-bond acceptors (Lipinski definition) is 5. The van der Waals surface area contributed by atoms with Crippen molar-refractivity contribution in [1.29, 1.82) is 0 Å². The fourth-order valence-electron chi connectivity index (χ4n) is 1.92. The lowest BCUT2D eigenvalue weighted by Gasteiger charge is -2.03. The van der Waals surface area contributed by atoms with Gasteiger partial charge in [0.15, 0.2) is 11.6 Å². The van der Waals surface area contributed by atoms with Gasteiger partial charge in [-0.05, 0) is 17.7 Å². The van der Waals surface area contributed by atoms with Gasteiger partial charge >= 0.3 is 5.69 Å². The Morgan fingerprint density at radius 3 is 2.75 bits per heavy atom. The molecule has 0 unspecified atom stereocenters. The summed E-state index contributed by atoms with van der Waals surface area (Å²) in [5, 5.41) is 4.40. The first-order chi connectivity index (χ1) is 11.5. The van der Waals surface area contributed by atoms with Crippen LogP contribution in [0.3, 0.4) is 0 Å². The highest BCUT2D eigenvalue weighted by Gasteiger charge is 2.14. The number of thiazole rings is 1. The highest BCUT2D eigenvalue weighted by Crippen LogP contribution is 2.16. The second-order valence-electron chi connectivity index (χ2n) is 4.80. The van der Waals surface area contributed by atoms with Crippen LogP contribution in [0.25, 0.3) is 0 Å². The second kappa shape index (κ2) is 6.67. The van der Waals surface area contributed by atoms with Gasteiger partial charge in [0.05, 0.1) is 11.2 Å². The van der Waals surface area contributed by atoms with Gasteiger partial charge in [-0.3, -0.25) is 9.78 Å². The molecule has 2 heterocycles. The summed E-state index contributed by atoms with van der Waals surface area (Å²) in [5.74, 6) is -2.21. The van der Waals surface area contributed by atoms with Gasteiger partial charge in [-0.1, -0.05) is 12.1 Å². The normalized spacial score (nSPS) is 10.6. The average molecular weight is 348 g/mol. The maximum atomic E-state index is 13.5. The lowest BCUT2D eigenvalue weighted by molar-refractivity contribution is 0.102. The van der Waals surface area contributed by atoms with Gasteiger partial charge in [-0.2, -0.15) is 4.98 Å². The van der Waals surface area contributed by atoms with Gasteiger partial charge in [0.1, 0.15) is 11.5 Å². The number of carbonyl (C=O) groups is 1. The number of aromatic nitrogens is 3. The van der Waals surface area contributed by atoms with Crippen LogP contribution in [0, 0.1) is 11.6 Å². The summed E-state index contributed by atoms with van der Waals surface area (Å²) < 4.78 is 26.4. The molecule has 0 aliphatic heterocycles. The summed E-state index contributed by atoms with van der Waals surface area (Å²) in [5.41, 5.74) is 0.165. The van der Waals surface area contributed by atoms with Crippen molar-refractivity contribution in [2.24, 2.45) is 0 Å². The van der Waals surface area contributed by atoms with Crippen LogP contribution in [0.15, 0.2) is 40.6 Å². The fourth-order valence-corrected chi connectivity index (χ4v) is 2.73. The maximum absolute atomic E-state index is 13.5. The predicted octanol–water partition coefficient (Wildman–Crippen LogP) is 2.35. The third-order valence-corrected chi connectivity index (χ3v) is 3.91. The number of H-pyrrole nitrogens is 1. The number of hydrogen-bond donors (Lipinski definition) is 2. The molecule has 0 aliphatic carbocycles. The number of benzene rings is 1. The van der Waals surface area contributed by atoms with Crippen LogP contribution >= 0.6 is 11.3 Å². The first-order valence-electron chi connectivity index (χ1n) is 6.76. The van der Waals surface area contributed by atoms with Crippen molar-refractivity contribution in [2.75, 3.05) is 5.32 Å². The third-order valence-electron chi connectivity index (χ3n) is 3.06. The zero-order valence-corrected chi connectivity index (χ0v) is 12.9. The summed E-state index contributed by atoms with van der Waals surface area (Å²) >= 11 is 1.25. The molecule has 6 nitrogen and oxygen atoms in total. The Balaban J connectivity index is 1.72. The molecule has 2 N–H and O–H groups in total. The van der Waals surface area contributed by atoms with Gasteiger partial charge in [-0.15, -0.1) is 11.3 Å². The molecular weight excluding hydrogens is 338 g/mol. The van der Waals surface area contributed by atoms with Gasteiger partial charge in [0.25, 0.3) is 5.91 Å². The van der Waals surface area contributed by atoms with Crippen LogP contribution in [0.1, 0.15) is 21.1 Å². The molecule has 0 saturated heterocycles. The fraction of sp³-hybridized carbons (Fsp3) is 0.0667. The topological polar surface area (TPSA) is 87.7 Å². The van der Waals surface area contributed by atoms with E-state index in [1.807, 2.05) is 0 Å².